The van der Waals surface area contributed by atoms with E-state index in [1.165, 1.54) is 63.2 Å². The van der Waals surface area contributed by atoms with Crippen molar-refractivity contribution >= 4 is 13.2 Å². The third kappa shape index (κ3) is 12.4. The molecule has 0 fully saturated rings. The van der Waals surface area contributed by atoms with Crippen molar-refractivity contribution in [2.75, 3.05) is 31.3 Å². The van der Waals surface area contributed by atoms with Crippen LogP contribution in [0.2, 0.25) is 0 Å². The third-order valence-electron chi connectivity index (χ3n) is 4.32. The molecule has 0 aliphatic rings. The maximum absolute atomic E-state index is 11.5. The molecule has 0 N–H and O–H groups in total. The minimum absolute atomic E-state index is 0. The van der Waals surface area contributed by atoms with Crippen molar-refractivity contribution in [3.8, 4) is 0 Å². The van der Waals surface area contributed by atoms with Gasteiger partial charge in [0.25, 0.3) is 0 Å². The molecular weight excluding hydrogens is 418 g/mol. The van der Waals surface area contributed by atoms with Crippen LogP contribution in [0, 0.1) is 0 Å². The lowest BCUT2D eigenvalue weighted by Gasteiger charge is -2.28. The quantitative estimate of drug-likeness (QED) is 0.132. The minimum atomic E-state index is -0.843. The first-order valence-corrected chi connectivity index (χ1v) is 11.7. The Morgan fingerprint density at radius 3 is 1.61 bits per heavy atom. The molecule has 0 amide bonds. The first-order valence-electron chi connectivity index (χ1n) is 9.19. The molecule has 0 unspecified atom stereocenters. The predicted octanol–water partition coefficient (Wildman–Crippen LogP) is 2.92. The van der Waals surface area contributed by atoms with Crippen molar-refractivity contribution in [2.24, 2.45) is 0 Å². The molecule has 23 heavy (non-hydrogen) atoms. The van der Waals surface area contributed by atoms with Crippen molar-refractivity contribution in [1.29, 1.82) is 0 Å². The van der Waals surface area contributed by atoms with Crippen molar-refractivity contribution in [3.63, 3.8) is 0 Å². The number of unbranched alkanes of at least 4 members (excludes halogenated alkanes) is 3. The van der Waals surface area contributed by atoms with Crippen LogP contribution in [0.1, 0.15) is 72.6 Å². The zero-order valence-corrected chi connectivity index (χ0v) is 18.9. The summed E-state index contributed by atoms with van der Waals surface area (Å²) in [5.74, 6) is -0.236. The van der Waals surface area contributed by atoms with Gasteiger partial charge in [0.15, 0.2) is 0 Å². The van der Waals surface area contributed by atoms with E-state index in [0.717, 1.165) is 6.42 Å². The minimum Gasteiger partial charge on any atom is -1.00 e. The summed E-state index contributed by atoms with van der Waals surface area (Å²) < 4.78 is 5.29. The second-order valence-electron chi connectivity index (χ2n) is 6.57. The van der Waals surface area contributed by atoms with Crippen molar-refractivity contribution in [2.45, 2.75) is 72.6 Å². The normalized spacial score (nSPS) is 11.0. The Morgan fingerprint density at radius 1 is 0.870 bits per heavy atom. The van der Waals surface area contributed by atoms with E-state index < -0.39 is 7.26 Å². The molecule has 0 heterocycles. The molecule has 0 atom stereocenters. The molecule has 0 rings (SSSR count). The van der Waals surface area contributed by atoms with E-state index >= 15 is 0 Å². The highest BCUT2D eigenvalue weighted by Crippen LogP contribution is 2.61. The van der Waals surface area contributed by atoms with Crippen LogP contribution in [0.3, 0.4) is 0 Å². The van der Waals surface area contributed by atoms with Gasteiger partial charge in [0, 0.05) is 19.3 Å². The van der Waals surface area contributed by atoms with Gasteiger partial charge in [-0.1, -0.05) is 46.6 Å². The molecule has 0 bridgehead atoms. The fraction of sp³-hybridized carbons (Fsp3) is 0.842. The summed E-state index contributed by atoms with van der Waals surface area (Å²) in [4.78, 5) is 11.5. The van der Waals surface area contributed by atoms with Gasteiger partial charge in [0.2, 0.25) is 0 Å². The summed E-state index contributed by atoms with van der Waals surface area (Å²) in [6.07, 6.45) is 14.7. The lowest BCUT2D eigenvalue weighted by Crippen LogP contribution is -3.00. The second-order valence-corrected chi connectivity index (χ2v) is 11.0. The maximum atomic E-state index is 11.5. The third-order valence-corrected chi connectivity index (χ3v) is 9.38. The van der Waals surface area contributed by atoms with Crippen LogP contribution < -0.4 is 24.0 Å². The van der Waals surface area contributed by atoms with Gasteiger partial charge < -0.3 is 28.7 Å². The Hall–Kier alpha value is 0.370. The van der Waals surface area contributed by atoms with Gasteiger partial charge in [-0.3, -0.25) is 0 Å². The van der Waals surface area contributed by atoms with Gasteiger partial charge >= 0.3 is 5.97 Å². The lowest BCUT2D eigenvalue weighted by molar-refractivity contribution is -0.138. The molecule has 0 aromatic rings. The molecule has 0 saturated heterocycles. The molecule has 4 heteroatoms. The van der Waals surface area contributed by atoms with E-state index in [0.29, 0.717) is 12.2 Å². The molecule has 0 aliphatic heterocycles. The summed E-state index contributed by atoms with van der Waals surface area (Å²) in [7, 11) is -0.843. The summed E-state index contributed by atoms with van der Waals surface area (Å²) in [6, 6.07) is 0. The Labute approximate surface area is 162 Å². The molecular formula is C19H38IO2P. The monoisotopic (exact) mass is 456 g/mol. The largest absolute Gasteiger partial charge is 1.00 e. The Balaban J connectivity index is 0. The number of carbonyl (C=O) groups excluding carboxylic acids is 1. The summed E-state index contributed by atoms with van der Waals surface area (Å²) in [5, 5.41) is 0. The van der Waals surface area contributed by atoms with Crippen molar-refractivity contribution in [1.82, 2.24) is 0 Å². The van der Waals surface area contributed by atoms with E-state index in [4.69, 9.17) is 4.74 Å². The SMILES string of the molecule is C=C(C)C(=O)OCCC[P+](CCCC)(CCCC)CCCC.[I-]. The van der Waals surface area contributed by atoms with E-state index in [1.54, 1.807) is 6.92 Å². The zero-order chi connectivity index (χ0) is 16.8. The van der Waals surface area contributed by atoms with Crippen LogP contribution >= 0.6 is 7.26 Å². The highest BCUT2D eigenvalue weighted by molar-refractivity contribution is 7.75. The molecule has 0 aromatic heterocycles. The van der Waals surface area contributed by atoms with Gasteiger partial charge in [-0.2, -0.15) is 0 Å². The lowest BCUT2D eigenvalue weighted by atomic mass is 10.4. The highest BCUT2D eigenvalue weighted by Gasteiger charge is 2.34. The number of carbonyl (C=O) groups is 1. The van der Waals surface area contributed by atoms with Crippen molar-refractivity contribution < 1.29 is 33.5 Å². The summed E-state index contributed by atoms with van der Waals surface area (Å²) in [5.41, 5.74) is 0.504. The van der Waals surface area contributed by atoms with E-state index in [9.17, 15) is 4.79 Å². The first-order chi connectivity index (χ1) is 10.5. The fourth-order valence-electron chi connectivity index (χ4n) is 2.84. The number of hydrogen-bond donors (Lipinski definition) is 0. The van der Waals surface area contributed by atoms with Crippen LogP contribution in [-0.4, -0.2) is 37.2 Å². The second kappa shape index (κ2) is 15.9. The molecule has 0 aliphatic carbocycles. The summed E-state index contributed by atoms with van der Waals surface area (Å²) in [6.45, 7) is 12.8. The average molecular weight is 456 g/mol. The van der Waals surface area contributed by atoms with Gasteiger partial charge in [0.1, 0.15) is 0 Å². The Bertz CT molecular complexity index is 297. The van der Waals surface area contributed by atoms with Crippen LogP contribution in [0.15, 0.2) is 12.2 Å². The number of rotatable bonds is 14. The van der Waals surface area contributed by atoms with E-state index in [1.807, 2.05) is 0 Å². The summed E-state index contributed by atoms with van der Waals surface area (Å²) >= 11 is 0. The van der Waals surface area contributed by atoms with E-state index in [2.05, 4.69) is 27.4 Å². The molecule has 0 saturated carbocycles. The van der Waals surface area contributed by atoms with Crippen LogP contribution in [0.5, 0.6) is 0 Å². The molecule has 2 nitrogen and oxygen atoms in total. The van der Waals surface area contributed by atoms with Gasteiger partial charge in [-0.25, -0.2) is 4.79 Å². The van der Waals surface area contributed by atoms with Crippen LogP contribution in [-0.2, 0) is 9.53 Å². The molecule has 0 spiro atoms. The van der Waals surface area contributed by atoms with Gasteiger partial charge in [0.05, 0.1) is 31.3 Å². The Kier molecular flexibility index (Phi) is 17.7. The number of halogens is 1. The van der Waals surface area contributed by atoms with Gasteiger partial charge in [-0.05, 0) is 26.2 Å². The molecule has 138 valence electrons. The van der Waals surface area contributed by atoms with E-state index in [-0.39, 0.29) is 29.9 Å². The number of ether oxygens (including phenoxy) is 1. The number of hydrogen-bond acceptors (Lipinski definition) is 2. The van der Waals surface area contributed by atoms with Crippen LogP contribution in [0.4, 0.5) is 0 Å². The number of esters is 1. The topological polar surface area (TPSA) is 26.3 Å². The van der Waals surface area contributed by atoms with Crippen molar-refractivity contribution in [3.05, 3.63) is 12.2 Å². The Morgan fingerprint density at radius 2 is 1.26 bits per heavy atom. The average Bonchev–Trinajstić information content (AvgIpc) is 2.52. The molecule has 0 radical (unpaired) electrons. The maximum Gasteiger partial charge on any atom is 0.333 e. The highest BCUT2D eigenvalue weighted by atomic mass is 127. The van der Waals surface area contributed by atoms with Crippen LogP contribution in [0.25, 0.3) is 0 Å². The standard InChI is InChI=1S/C19H38O2P.HI/c1-6-9-14-22(15-10-7-2,16-11-8-3)17-12-13-21-19(20)18(4)5;/h4,6-17H2,1-3,5H3;1H/q+1;/p-1. The molecule has 0 aromatic carbocycles. The first kappa shape index (κ1) is 25.6. The van der Waals surface area contributed by atoms with Gasteiger partial charge in [-0.15, -0.1) is 0 Å². The smallest absolute Gasteiger partial charge is 0.333 e. The predicted molar refractivity (Wildman–Crippen MR) is 102 cm³/mol. The zero-order valence-electron chi connectivity index (χ0n) is 15.8. The fourth-order valence-corrected chi connectivity index (χ4v) is 7.94.